The number of hydrogen-bond donors (Lipinski definition) is 2. The van der Waals surface area contributed by atoms with Crippen LogP contribution in [-0.2, 0) is 10.0 Å². The number of aromatic nitrogens is 1. The number of hydrogen-bond acceptors (Lipinski definition) is 4. The Balaban J connectivity index is 2.29. The van der Waals surface area contributed by atoms with Crippen molar-refractivity contribution in [1.29, 1.82) is 0 Å². The van der Waals surface area contributed by atoms with Crippen molar-refractivity contribution < 1.29 is 17.6 Å². The Bertz CT molecular complexity index is 811. The highest BCUT2D eigenvalue weighted by Crippen LogP contribution is 2.20. The van der Waals surface area contributed by atoms with E-state index in [0.29, 0.717) is 4.47 Å². The molecule has 1 aromatic heterocycles. The van der Waals surface area contributed by atoms with E-state index in [1.54, 1.807) is 12.1 Å². The van der Waals surface area contributed by atoms with Gasteiger partial charge in [0, 0.05) is 10.7 Å². The Morgan fingerprint density at radius 2 is 2.05 bits per heavy atom. The lowest BCUT2D eigenvalue weighted by molar-refractivity contribution is 0.102. The molecule has 0 aliphatic carbocycles. The van der Waals surface area contributed by atoms with Crippen LogP contribution in [0.3, 0.4) is 0 Å². The van der Waals surface area contributed by atoms with Crippen molar-refractivity contribution in [3.8, 4) is 0 Å². The van der Waals surface area contributed by atoms with Crippen molar-refractivity contribution >= 4 is 37.5 Å². The molecular weight excluding hydrogens is 365 g/mol. The molecule has 2 rings (SSSR count). The molecule has 0 bridgehead atoms. The average molecular weight is 374 g/mol. The summed E-state index contributed by atoms with van der Waals surface area (Å²) in [7, 11) is -4.00. The van der Waals surface area contributed by atoms with Gasteiger partial charge in [0.2, 0.25) is 10.0 Å². The molecular formula is C12H9BrFN3O3S. The molecule has 1 heterocycles. The number of sulfonamides is 1. The number of anilines is 1. The van der Waals surface area contributed by atoms with Crippen LogP contribution in [0.5, 0.6) is 0 Å². The summed E-state index contributed by atoms with van der Waals surface area (Å²) in [5.41, 5.74) is -0.0997. The van der Waals surface area contributed by atoms with Gasteiger partial charge < -0.3 is 5.32 Å². The topological polar surface area (TPSA) is 102 Å². The molecule has 110 valence electrons. The van der Waals surface area contributed by atoms with Gasteiger partial charge in [0.15, 0.2) is 0 Å². The van der Waals surface area contributed by atoms with E-state index < -0.39 is 21.7 Å². The number of halogens is 2. The van der Waals surface area contributed by atoms with Crippen molar-refractivity contribution in [2.75, 3.05) is 5.32 Å². The third-order valence-corrected chi connectivity index (χ3v) is 4.04. The summed E-state index contributed by atoms with van der Waals surface area (Å²) in [6.45, 7) is 0. The van der Waals surface area contributed by atoms with Crippen molar-refractivity contribution in [1.82, 2.24) is 4.98 Å². The highest BCUT2D eigenvalue weighted by atomic mass is 79.9. The predicted octanol–water partition coefficient (Wildman–Crippen LogP) is 1.88. The van der Waals surface area contributed by atoms with Crippen LogP contribution < -0.4 is 10.5 Å². The molecule has 0 spiro atoms. The first-order chi connectivity index (χ1) is 9.79. The third kappa shape index (κ3) is 3.63. The lowest BCUT2D eigenvalue weighted by Gasteiger charge is -2.08. The standard InChI is InChI=1S/C12H9BrFN3O3S/c13-8-2-1-5-16-11(8)12(18)17-10-4-3-7(6-9(10)14)21(15,19)20/h1-6H,(H,17,18)(H2,15,19,20). The Hall–Kier alpha value is -1.84. The second kappa shape index (κ2) is 5.88. The fraction of sp³-hybridized carbons (Fsp3) is 0. The number of nitrogens with one attached hydrogen (secondary N) is 1. The van der Waals surface area contributed by atoms with Gasteiger partial charge in [-0.25, -0.2) is 22.9 Å². The molecule has 1 amide bonds. The molecule has 0 atom stereocenters. The summed E-state index contributed by atoms with van der Waals surface area (Å²) < 4.78 is 36.4. The van der Waals surface area contributed by atoms with Gasteiger partial charge in [0.05, 0.1) is 10.6 Å². The van der Waals surface area contributed by atoms with Crippen LogP contribution in [0.25, 0.3) is 0 Å². The van der Waals surface area contributed by atoms with Crippen LogP contribution >= 0.6 is 15.9 Å². The summed E-state index contributed by atoms with van der Waals surface area (Å²) in [5, 5.41) is 7.19. The number of carbonyl (C=O) groups is 1. The molecule has 1 aromatic carbocycles. The highest BCUT2D eigenvalue weighted by Gasteiger charge is 2.16. The predicted molar refractivity (Wildman–Crippen MR) is 77.7 cm³/mol. The normalized spacial score (nSPS) is 11.2. The van der Waals surface area contributed by atoms with Crippen LogP contribution in [0.4, 0.5) is 10.1 Å². The summed E-state index contributed by atoms with van der Waals surface area (Å²) >= 11 is 3.15. The van der Waals surface area contributed by atoms with E-state index in [1.165, 1.54) is 6.20 Å². The zero-order chi connectivity index (χ0) is 15.6. The van der Waals surface area contributed by atoms with E-state index in [1.807, 2.05) is 0 Å². The molecule has 9 heteroatoms. The molecule has 3 N–H and O–H groups in total. The maximum absolute atomic E-state index is 13.8. The minimum Gasteiger partial charge on any atom is -0.318 e. The van der Waals surface area contributed by atoms with Gasteiger partial charge in [-0.2, -0.15) is 0 Å². The molecule has 0 fully saturated rings. The maximum atomic E-state index is 13.8. The first-order valence-corrected chi connectivity index (χ1v) is 7.87. The fourth-order valence-corrected chi connectivity index (χ4v) is 2.47. The zero-order valence-electron chi connectivity index (χ0n) is 10.4. The lowest BCUT2D eigenvalue weighted by Crippen LogP contribution is -2.16. The van der Waals surface area contributed by atoms with E-state index >= 15 is 0 Å². The van der Waals surface area contributed by atoms with Crippen LogP contribution in [0.2, 0.25) is 0 Å². The van der Waals surface area contributed by atoms with Gasteiger partial charge in [-0.15, -0.1) is 0 Å². The Morgan fingerprint density at radius 3 is 2.62 bits per heavy atom. The third-order valence-electron chi connectivity index (χ3n) is 2.49. The number of benzene rings is 1. The number of carbonyl (C=O) groups excluding carboxylic acids is 1. The SMILES string of the molecule is NS(=O)(=O)c1ccc(NC(=O)c2ncccc2Br)c(F)c1. The molecule has 0 aliphatic heterocycles. The lowest BCUT2D eigenvalue weighted by atomic mass is 10.3. The van der Waals surface area contributed by atoms with Gasteiger partial charge in [-0.3, -0.25) is 4.79 Å². The number of amides is 1. The smallest absolute Gasteiger partial charge is 0.275 e. The van der Waals surface area contributed by atoms with Gasteiger partial charge in [-0.1, -0.05) is 0 Å². The molecule has 2 aromatic rings. The first kappa shape index (κ1) is 15.5. The maximum Gasteiger partial charge on any atom is 0.275 e. The Labute approximate surface area is 128 Å². The second-order valence-electron chi connectivity index (χ2n) is 3.97. The van der Waals surface area contributed by atoms with Crippen LogP contribution in [-0.4, -0.2) is 19.3 Å². The number of primary sulfonamides is 1. The van der Waals surface area contributed by atoms with E-state index in [2.05, 4.69) is 26.2 Å². The average Bonchev–Trinajstić information content (AvgIpc) is 2.40. The number of pyridine rings is 1. The number of nitrogens with zero attached hydrogens (tertiary/aromatic N) is 1. The van der Waals surface area contributed by atoms with E-state index in [0.717, 1.165) is 18.2 Å². The highest BCUT2D eigenvalue weighted by molar-refractivity contribution is 9.10. The Kier molecular flexibility index (Phi) is 4.35. The summed E-state index contributed by atoms with van der Waals surface area (Å²) in [6.07, 6.45) is 1.42. The molecule has 0 aliphatic rings. The molecule has 21 heavy (non-hydrogen) atoms. The van der Waals surface area contributed by atoms with E-state index in [9.17, 15) is 17.6 Å². The second-order valence-corrected chi connectivity index (χ2v) is 6.39. The molecule has 6 nitrogen and oxygen atoms in total. The summed E-state index contributed by atoms with van der Waals surface area (Å²) in [5.74, 6) is -1.55. The largest absolute Gasteiger partial charge is 0.318 e. The van der Waals surface area contributed by atoms with Crippen molar-refractivity contribution in [2.45, 2.75) is 4.90 Å². The van der Waals surface area contributed by atoms with E-state index in [4.69, 9.17) is 5.14 Å². The molecule has 0 unspecified atom stereocenters. The molecule has 0 saturated heterocycles. The van der Waals surface area contributed by atoms with Gasteiger partial charge in [0.1, 0.15) is 11.5 Å². The quantitative estimate of drug-likeness (QED) is 0.857. The zero-order valence-corrected chi connectivity index (χ0v) is 12.8. The first-order valence-electron chi connectivity index (χ1n) is 5.53. The summed E-state index contributed by atoms with van der Waals surface area (Å²) in [6, 6.07) is 6.19. The van der Waals surface area contributed by atoms with Crippen LogP contribution in [0.15, 0.2) is 45.9 Å². The van der Waals surface area contributed by atoms with Gasteiger partial charge >= 0.3 is 0 Å². The van der Waals surface area contributed by atoms with Crippen LogP contribution in [0, 0.1) is 5.82 Å². The van der Waals surface area contributed by atoms with Gasteiger partial charge in [-0.05, 0) is 46.3 Å². The number of rotatable bonds is 3. The monoisotopic (exact) mass is 373 g/mol. The van der Waals surface area contributed by atoms with E-state index in [-0.39, 0.29) is 16.3 Å². The minimum atomic E-state index is -4.00. The summed E-state index contributed by atoms with van der Waals surface area (Å²) in [4.78, 5) is 15.4. The van der Waals surface area contributed by atoms with Crippen molar-refractivity contribution in [3.63, 3.8) is 0 Å². The number of nitrogens with two attached hydrogens (primary N) is 1. The van der Waals surface area contributed by atoms with Crippen LogP contribution in [0.1, 0.15) is 10.5 Å². The molecule has 0 radical (unpaired) electrons. The molecule has 0 saturated carbocycles. The van der Waals surface area contributed by atoms with Crippen molar-refractivity contribution in [3.05, 3.63) is 52.5 Å². The van der Waals surface area contributed by atoms with Gasteiger partial charge in [0.25, 0.3) is 5.91 Å². The van der Waals surface area contributed by atoms with Crippen molar-refractivity contribution in [2.24, 2.45) is 5.14 Å². The fourth-order valence-electron chi connectivity index (χ4n) is 1.51. The Morgan fingerprint density at radius 1 is 1.33 bits per heavy atom. The minimum absolute atomic E-state index is 0.0763.